The van der Waals surface area contributed by atoms with Gasteiger partial charge in [0.25, 0.3) is 0 Å². The molecule has 114 valence electrons. The number of hydrogen-bond donors (Lipinski definition) is 1. The van der Waals surface area contributed by atoms with Crippen LogP contribution in [0.5, 0.6) is 0 Å². The van der Waals surface area contributed by atoms with Crippen LogP contribution >= 0.6 is 0 Å². The summed E-state index contributed by atoms with van der Waals surface area (Å²) in [6.07, 6.45) is 1.83. The Morgan fingerprint density at radius 1 is 1.15 bits per heavy atom. The zero-order chi connectivity index (χ0) is 15.1. The third kappa shape index (κ3) is 3.46. The van der Waals surface area contributed by atoms with Gasteiger partial charge in [-0.15, -0.1) is 5.10 Å². The van der Waals surface area contributed by atoms with Gasteiger partial charge in [0.1, 0.15) is 0 Å². The largest absolute Gasteiger partial charge is 0.383 e. The van der Waals surface area contributed by atoms with E-state index in [0.717, 1.165) is 36.5 Å². The highest BCUT2D eigenvalue weighted by atomic mass is 16.5. The van der Waals surface area contributed by atoms with E-state index in [1.54, 1.807) is 7.11 Å². The number of aryl methyl sites for hydroxylation is 1. The van der Waals surface area contributed by atoms with Gasteiger partial charge in [-0.05, 0) is 32.3 Å². The first kappa shape index (κ1) is 16.9. The van der Waals surface area contributed by atoms with Gasteiger partial charge < -0.3 is 15.4 Å². The van der Waals surface area contributed by atoms with E-state index in [9.17, 15) is 0 Å². The molecule has 2 N–H and O–H groups in total. The fourth-order valence-electron chi connectivity index (χ4n) is 2.69. The Kier molecular flexibility index (Phi) is 6.88. The van der Waals surface area contributed by atoms with E-state index in [1.807, 2.05) is 0 Å². The summed E-state index contributed by atoms with van der Waals surface area (Å²) in [6, 6.07) is 0.252. The Morgan fingerprint density at radius 3 is 2.30 bits per heavy atom. The van der Waals surface area contributed by atoms with Gasteiger partial charge in [-0.3, -0.25) is 0 Å². The molecule has 0 saturated heterocycles. The zero-order valence-corrected chi connectivity index (χ0v) is 13.4. The highest BCUT2D eigenvalue weighted by Crippen LogP contribution is 2.25. The molecular weight excluding hydrogens is 252 g/mol. The summed E-state index contributed by atoms with van der Waals surface area (Å²) in [7, 11) is 1.72. The number of nitrogens with two attached hydrogens (primary N) is 1. The molecule has 0 fully saturated rings. The molecule has 1 heterocycles. The van der Waals surface area contributed by atoms with Crippen LogP contribution in [0, 0.1) is 0 Å². The first-order chi connectivity index (χ1) is 9.64. The average molecular weight is 280 g/mol. The van der Waals surface area contributed by atoms with Crippen LogP contribution in [-0.2, 0) is 24.1 Å². The zero-order valence-electron chi connectivity index (χ0n) is 13.4. The lowest BCUT2D eigenvalue weighted by Crippen LogP contribution is -2.38. The maximum atomic E-state index is 5.99. The summed E-state index contributed by atoms with van der Waals surface area (Å²) < 4.78 is 5.26. The number of ether oxygens (including phenoxy) is 1. The number of aromatic nitrogens is 2. The van der Waals surface area contributed by atoms with Crippen molar-refractivity contribution >= 4 is 5.82 Å². The van der Waals surface area contributed by atoms with Gasteiger partial charge >= 0.3 is 0 Å². The molecule has 0 saturated carbocycles. The molecule has 1 unspecified atom stereocenters. The lowest BCUT2D eigenvalue weighted by atomic mass is 10.0. The highest BCUT2D eigenvalue weighted by Gasteiger charge is 2.21. The summed E-state index contributed by atoms with van der Waals surface area (Å²) in [6.45, 7) is 10.5. The molecule has 0 bridgehead atoms. The fourth-order valence-corrected chi connectivity index (χ4v) is 2.69. The van der Waals surface area contributed by atoms with Crippen LogP contribution in [0.3, 0.4) is 0 Å². The summed E-state index contributed by atoms with van der Waals surface area (Å²) >= 11 is 0. The molecule has 0 spiro atoms. The quantitative estimate of drug-likeness (QED) is 0.788. The Morgan fingerprint density at radius 2 is 1.85 bits per heavy atom. The maximum Gasteiger partial charge on any atom is 0.156 e. The Hall–Kier alpha value is -1.20. The fraction of sp³-hybridized carbons (Fsp3) is 0.733. The predicted molar refractivity (Wildman–Crippen MR) is 83.0 cm³/mol. The molecular formula is C15H28N4O. The van der Waals surface area contributed by atoms with Crippen molar-refractivity contribution < 1.29 is 4.74 Å². The molecule has 0 aliphatic rings. The SMILES string of the molecule is CCc1nnc(N(CC)C(C)COC)c(CN)c1CC. The van der Waals surface area contributed by atoms with E-state index in [-0.39, 0.29) is 6.04 Å². The first-order valence-electron chi connectivity index (χ1n) is 7.47. The van der Waals surface area contributed by atoms with Crippen molar-refractivity contribution in [3.8, 4) is 0 Å². The van der Waals surface area contributed by atoms with Gasteiger partial charge in [0, 0.05) is 25.8 Å². The van der Waals surface area contributed by atoms with Crippen molar-refractivity contribution in [1.29, 1.82) is 0 Å². The summed E-state index contributed by atoms with van der Waals surface area (Å²) in [5.74, 6) is 0.911. The van der Waals surface area contributed by atoms with Gasteiger partial charge in [0.05, 0.1) is 18.3 Å². The Balaban J connectivity index is 3.28. The molecule has 1 aromatic rings. The second kappa shape index (κ2) is 8.17. The number of methoxy groups -OCH3 is 1. The molecule has 1 aromatic heterocycles. The average Bonchev–Trinajstić information content (AvgIpc) is 2.47. The Labute approximate surface area is 122 Å². The van der Waals surface area contributed by atoms with E-state index < -0.39 is 0 Å². The summed E-state index contributed by atoms with van der Waals surface area (Å²) in [5.41, 5.74) is 9.44. The molecule has 0 aliphatic carbocycles. The number of likely N-dealkylation sites (N-methyl/N-ethyl adjacent to an activating group) is 1. The van der Waals surface area contributed by atoms with Gasteiger partial charge in [-0.25, -0.2) is 0 Å². The molecule has 0 amide bonds. The third-order valence-corrected chi connectivity index (χ3v) is 3.69. The molecule has 0 aromatic carbocycles. The minimum atomic E-state index is 0.252. The van der Waals surface area contributed by atoms with Gasteiger partial charge in [-0.1, -0.05) is 13.8 Å². The first-order valence-corrected chi connectivity index (χ1v) is 7.47. The Bertz CT molecular complexity index is 423. The third-order valence-electron chi connectivity index (χ3n) is 3.69. The number of nitrogens with zero attached hydrogens (tertiary/aromatic N) is 3. The number of anilines is 1. The molecule has 20 heavy (non-hydrogen) atoms. The van der Waals surface area contributed by atoms with Gasteiger partial charge in [-0.2, -0.15) is 5.10 Å². The molecule has 1 atom stereocenters. The second-order valence-corrected chi connectivity index (χ2v) is 4.93. The smallest absolute Gasteiger partial charge is 0.156 e. The van der Waals surface area contributed by atoms with Crippen LogP contribution in [0.1, 0.15) is 44.5 Å². The highest BCUT2D eigenvalue weighted by molar-refractivity contribution is 5.52. The van der Waals surface area contributed by atoms with Crippen LogP contribution in [0.4, 0.5) is 5.82 Å². The van der Waals surface area contributed by atoms with E-state index >= 15 is 0 Å². The van der Waals surface area contributed by atoms with E-state index in [1.165, 1.54) is 5.56 Å². The van der Waals surface area contributed by atoms with Gasteiger partial charge in [0.2, 0.25) is 0 Å². The number of rotatable bonds is 8. The summed E-state index contributed by atoms with van der Waals surface area (Å²) in [5, 5.41) is 8.84. The number of hydrogen-bond acceptors (Lipinski definition) is 5. The minimum Gasteiger partial charge on any atom is -0.383 e. The van der Waals surface area contributed by atoms with Crippen LogP contribution in [0.25, 0.3) is 0 Å². The predicted octanol–water partition coefficient (Wildman–Crippen LogP) is 1.92. The van der Waals surface area contributed by atoms with Crippen molar-refractivity contribution in [3.05, 3.63) is 16.8 Å². The van der Waals surface area contributed by atoms with E-state index in [0.29, 0.717) is 13.2 Å². The van der Waals surface area contributed by atoms with Crippen LogP contribution < -0.4 is 10.6 Å². The van der Waals surface area contributed by atoms with Crippen LogP contribution in [-0.4, -0.2) is 36.5 Å². The lowest BCUT2D eigenvalue weighted by Gasteiger charge is -2.30. The molecule has 5 nitrogen and oxygen atoms in total. The topological polar surface area (TPSA) is 64.3 Å². The molecule has 5 heteroatoms. The second-order valence-electron chi connectivity index (χ2n) is 4.93. The minimum absolute atomic E-state index is 0.252. The molecule has 0 aliphatic heterocycles. The van der Waals surface area contributed by atoms with E-state index in [4.69, 9.17) is 10.5 Å². The standard InChI is InChI=1S/C15H28N4O/c1-6-12-13(9-16)15(18-17-14(12)7-2)19(8-3)11(4)10-20-5/h11H,6-10,16H2,1-5H3. The van der Waals surface area contributed by atoms with Crippen molar-refractivity contribution in [2.75, 3.05) is 25.2 Å². The van der Waals surface area contributed by atoms with Crippen LogP contribution in [0.15, 0.2) is 0 Å². The van der Waals surface area contributed by atoms with Gasteiger partial charge in [0.15, 0.2) is 5.82 Å². The van der Waals surface area contributed by atoms with Crippen molar-refractivity contribution in [2.24, 2.45) is 5.73 Å². The molecule has 1 rings (SSSR count). The van der Waals surface area contributed by atoms with Crippen molar-refractivity contribution in [3.63, 3.8) is 0 Å². The van der Waals surface area contributed by atoms with Crippen molar-refractivity contribution in [2.45, 2.75) is 53.1 Å². The van der Waals surface area contributed by atoms with E-state index in [2.05, 4.69) is 42.8 Å². The lowest BCUT2D eigenvalue weighted by molar-refractivity contribution is 0.181. The van der Waals surface area contributed by atoms with Crippen LogP contribution in [0.2, 0.25) is 0 Å². The van der Waals surface area contributed by atoms with Crippen molar-refractivity contribution in [1.82, 2.24) is 10.2 Å². The normalized spacial score (nSPS) is 12.5. The monoisotopic (exact) mass is 280 g/mol. The summed E-state index contributed by atoms with van der Waals surface area (Å²) in [4.78, 5) is 2.22. The molecule has 0 radical (unpaired) electrons. The maximum absolute atomic E-state index is 5.99.